The average Bonchev–Trinajstić information content (AvgIpc) is 3.09. The fourth-order valence-corrected chi connectivity index (χ4v) is 3.60. The van der Waals surface area contributed by atoms with Gasteiger partial charge in [-0.05, 0) is 75.9 Å². The molecule has 0 aromatic heterocycles. The van der Waals surface area contributed by atoms with Crippen LogP contribution in [-0.2, 0) is 0 Å². The number of likely N-dealkylation sites (tertiary alicyclic amines) is 1. The van der Waals surface area contributed by atoms with Gasteiger partial charge in [0.15, 0.2) is 0 Å². The van der Waals surface area contributed by atoms with E-state index in [-0.39, 0.29) is 0 Å². The molecule has 0 unspecified atom stereocenters. The molecule has 1 heterocycles. The Hall–Kier alpha value is -0.0800. The molecule has 18 heavy (non-hydrogen) atoms. The molecule has 0 spiro atoms. The van der Waals surface area contributed by atoms with Crippen molar-refractivity contribution in [2.45, 2.75) is 64.5 Å². The Labute approximate surface area is 113 Å². The Morgan fingerprint density at radius 2 is 1.72 bits per heavy atom. The van der Waals surface area contributed by atoms with Crippen LogP contribution in [0.4, 0.5) is 0 Å². The average molecular weight is 250 g/mol. The predicted molar refractivity (Wildman–Crippen MR) is 76.7 cm³/mol. The summed E-state index contributed by atoms with van der Waals surface area (Å²) in [7, 11) is 0. The van der Waals surface area contributed by atoms with Crippen molar-refractivity contribution in [2.24, 2.45) is 17.8 Å². The SMILES string of the molecule is CC(C)C1CC(N2CCC(NCC3CC3)CC2)C1. The van der Waals surface area contributed by atoms with Crippen LogP contribution in [0.2, 0.25) is 0 Å². The molecular formula is C16H30N2. The highest BCUT2D eigenvalue weighted by Gasteiger charge is 2.36. The van der Waals surface area contributed by atoms with Crippen LogP contribution >= 0.6 is 0 Å². The Kier molecular flexibility index (Phi) is 3.95. The van der Waals surface area contributed by atoms with E-state index in [0.29, 0.717) is 0 Å². The molecule has 3 aliphatic rings. The second kappa shape index (κ2) is 5.50. The van der Waals surface area contributed by atoms with Gasteiger partial charge in [-0.1, -0.05) is 13.8 Å². The third kappa shape index (κ3) is 3.08. The van der Waals surface area contributed by atoms with Gasteiger partial charge in [-0.3, -0.25) is 0 Å². The fraction of sp³-hybridized carbons (Fsp3) is 1.00. The fourth-order valence-electron chi connectivity index (χ4n) is 3.60. The highest BCUT2D eigenvalue weighted by molar-refractivity contribution is 4.91. The molecule has 0 bridgehead atoms. The summed E-state index contributed by atoms with van der Waals surface area (Å²) < 4.78 is 0. The van der Waals surface area contributed by atoms with Crippen molar-refractivity contribution in [3.05, 3.63) is 0 Å². The molecule has 2 saturated carbocycles. The van der Waals surface area contributed by atoms with Crippen molar-refractivity contribution in [3.8, 4) is 0 Å². The molecule has 2 heteroatoms. The van der Waals surface area contributed by atoms with Crippen LogP contribution in [0, 0.1) is 17.8 Å². The lowest BCUT2D eigenvalue weighted by atomic mass is 9.72. The Bertz CT molecular complexity index is 258. The summed E-state index contributed by atoms with van der Waals surface area (Å²) in [6, 6.07) is 1.75. The normalized spacial score (nSPS) is 34.8. The first-order valence-electron chi connectivity index (χ1n) is 8.20. The maximum absolute atomic E-state index is 3.78. The van der Waals surface area contributed by atoms with E-state index in [2.05, 4.69) is 24.1 Å². The highest BCUT2D eigenvalue weighted by atomic mass is 15.2. The number of rotatable bonds is 5. The van der Waals surface area contributed by atoms with Crippen LogP contribution < -0.4 is 5.32 Å². The van der Waals surface area contributed by atoms with Crippen LogP contribution in [0.3, 0.4) is 0 Å². The van der Waals surface area contributed by atoms with Crippen LogP contribution in [-0.4, -0.2) is 36.6 Å². The smallest absolute Gasteiger partial charge is 0.0101 e. The zero-order chi connectivity index (χ0) is 12.5. The molecule has 0 aromatic rings. The summed E-state index contributed by atoms with van der Waals surface area (Å²) >= 11 is 0. The van der Waals surface area contributed by atoms with Gasteiger partial charge in [0.1, 0.15) is 0 Å². The molecule has 1 aliphatic heterocycles. The minimum atomic E-state index is 0.822. The number of nitrogens with one attached hydrogen (secondary N) is 1. The molecule has 0 radical (unpaired) electrons. The number of hydrogen-bond acceptors (Lipinski definition) is 2. The van der Waals surface area contributed by atoms with Gasteiger partial charge in [0.05, 0.1) is 0 Å². The summed E-state index contributed by atoms with van der Waals surface area (Å²) in [5, 5.41) is 3.78. The van der Waals surface area contributed by atoms with Crippen molar-refractivity contribution < 1.29 is 0 Å². The third-order valence-corrected chi connectivity index (χ3v) is 5.53. The van der Waals surface area contributed by atoms with Crippen molar-refractivity contribution in [1.82, 2.24) is 10.2 Å². The standard InChI is InChI=1S/C16H30N2/c1-12(2)14-9-16(10-14)18-7-5-15(6-8-18)17-11-13-3-4-13/h12-17H,3-11H2,1-2H3. The van der Waals surface area contributed by atoms with E-state index in [0.717, 1.165) is 29.8 Å². The monoisotopic (exact) mass is 250 g/mol. The molecular weight excluding hydrogens is 220 g/mol. The van der Waals surface area contributed by atoms with Crippen molar-refractivity contribution >= 4 is 0 Å². The lowest BCUT2D eigenvalue weighted by Gasteiger charge is -2.47. The molecule has 0 amide bonds. The Balaban J connectivity index is 1.33. The molecule has 1 N–H and O–H groups in total. The maximum atomic E-state index is 3.78. The minimum Gasteiger partial charge on any atom is -0.314 e. The molecule has 2 aliphatic carbocycles. The molecule has 1 saturated heterocycles. The van der Waals surface area contributed by atoms with E-state index in [9.17, 15) is 0 Å². The van der Waals surface area contributed by atoms with Gasteiger partial charge < -0.3 is 10.2 Å². The van der Waals surface area contributed by atoms with Crippen molar-refractivity contribution in [2.75, 3.05) is 19.6 Å². The lowest BCUT2D eigenvalue weighted by molar-refractivity contribution is 0.0361. The van der Waals surface area contributed by atoms with Crippen LogP contribution in [0.1, 0.15) is 52.4 Å². The molecule has 3 rings (SSSR count). The van der Waals surface area contributed by atoms with Crippen molar-refractivity contribution in [3.63, 3.8) is 0 Å². The Morgan fingerprint density at radius 1 is 1.06 bits per heavy atom. The number of hydrogen-bond donors (Lipinski definition) is 1. The predicted octanol–water partition coefficient (Wildman–Crippen LogP) is 2.89. The summed E-state index contributed by atoms with van der Waals surface area (Å²) in [5.74, 6) is 2.95. The van der Waals surface area contributed by atoms with Gasteiger partial charge in [0.25, 0.3) is 0 Å². The highest BCUT2D eigenvalue weighted by Crippen LogP contribution is 2.37. The maximum Gasteiger partial charge on any atom is 0.0101 e. The summed E-state index contributed by atoms with van der Waals surface area (Å²) in [6.45, 7) is 8.75. The van der Waals surface area contributed by atoms with Gasteiger partial charge in [-0.25, -0.2) is 0 Å². The summed E-state index contributed by atoms with van der Waals surface area (Å²) in [4.78, 5) is 2.77. The van der Waals surface area contributed by atoms with E-state index in [1.165, 1.54) is 58.2 Å². The van der Waals surface area contributed by atoms with Crippen LogP contribution in [0.5, 0.6) is 0 Å². The zero-order valence-electron chi connectivity index (χ0n) is 12.2. The van der Waals surface area contributed by atoms with Gasteiger partial charge >= 0.3 is 0 Å². The van der Waals surface area contributed by atoms with Gasteiger partial charge in [0, 0.05) is 12.1 Å². The van der Waals surface area contributed by atoms with Crippen LogP contribution in [0.15, 0.2) is 0 Å². The summed E-state index contributed by atoms with van der Waals surface area (Å²) in [6.07, 6.45) is 8.66. The first-order chi connectivity index (χ1) is 8.72. The first kappa shape index (κ1) is 12.9. The van der Waals surface area contributed by atoms with E-state index in [1.807, 2.05) is 0 Å². The second-order valence-corrected chi connectivity index (χ2v) is 7.29. The molecule has 2 nitrogen and oxygen atoms in total. The minimum absolute atomic E-state index is 0.822. The van der Waals surface area contributed by atoms with Gasteiger partial charge in [0.2, 0.25) is 0 Å². The molecule has 104 valence electrons. The van der Waals surface area contributed by atoms with E-state index in [4.69, 9.17) is 0 Å². The van der Waals surface area contributed by atoms with E-state index >= 15 is 0 Å². The zero-order valence-corrected chi connectivity index (χ0v) is 12.2. The largest absolute Gasteiger partial charge is 0.314 e. The number of nitrogens with zero attached hydrogens (tertiary/aromatic N) is 1. The van der Waals surface area contributed by atoms with E-state index in [1.54, 1.807) is 0 Å². The van der Waals surface area contributed by atoms with Crippen LogP contribution in [0.25, 0.3) is 0 Å². The van der Waals surface area contributed by atoms with Gasteiger partial charge in [-0.15, -0.1) is 0 Å². The Morgan fingerprint density at radius 3 is 2.28 bits per heavy atom. The third-order valence-electron chi connectivity index (χ3n) is 5.53. The molecule has 3 fully saturated rings. The quantitative estimate of drug-likeness (QED) is 0.807. The topological polar surface area (TPSA) is 15.3 Å². The first-order valence-corrected chi connectivity index (χ1v) is 8.20. The lowest BCUT2D eigenvalue weighted by Crippen LogP contribution is -2.51. The molecule has 0 aromatic carbocycles. The second-order valence-electron chi connectivity index (χ2n) is 7.29. The van der Waals surface area contributed by atoms with E-state index < -0.39 is 0 Å². The number of piperidine rings is 1. The summed E-state index contributed by atoms with van der Waals surface area (Å²) in [5.41, 5.74) is 0. The van der Waals surface area contributed by atoms with Crippen molar-refractivity contribution in [1.29, 1.82) is 0 Å². The molecule has 0 atom stereocenters. The van der Waals surface area contributed by atoms with Gasteiger partial charge in [-0.2, -0.15) is 0 Å².